The van der Waals surface area contributed by atoms with Crippen molar-refractivity contribution in [2.75, 3.05) is 0 Å². The number of nitrogens with one attached hydrogen (secondary N) is 1. The standard InChI is InChI=1S/C23H13BrN2S.C12H8BrN.C11H6ClNS/c24-14-9-10-20-18(13-14)15-5-1-3-7-19(15)26(20)23-22-17(11-12-25-23)16-6-2-4-8-21(16)27-22;13-8-5-6-12-10(7-8)9-3-1-2-4-11(9)14-12;12-11-10-8(5-6-13-11)7-3-1-2-4-9(7)14-10/h1-13H;1-7,14H;1-6H. The van der Waals surface area contributed by atoms with Crippen LogP contribution in [0, 0.1) is 0 Å². The van der Waals surface area contributed by atoms with Crippen LogP contribution in [0.25, 0.3) is 89.8 Å². The van der Waals surface area contributed by atoms with Crippen LogP contribution in [0.15, 0.2) is 167 Å². The summed E-state index contributed by atoms with van der Waals surface area (Å²) in [4.78, 5) is 12.3. The van der Waals surface area contributed by atoms with Gasteiger partial charge in [-0.2, -0.15) is 0 Å². The number of thiophene rings is 2. The Labute approximate surface area is 344 Å². The summed E-state index contributed by atoms with van der Waals surface area (Å²) in [6.07, 6.45) is 3.68. The summed E-state index contributed by atoms with van der Waals surface area (Å²) in [5.41, 5.74) is 4.75. The van der Waals surface area contributed by atoms with Crippen molar-refractivity contribution in [3.63, 3.8) is 0 Å². The van der Waals surface area contributed by atoms with E-state index in [1.165, 1.54) is 79.3 Å². The molecule has 6 aromatic carbocycles. The van der Waals surface area contributed by atoms with Crippen LogP contribution < -0.4 is 0 Å². The minimum absolute atomic E-state index is 0.601. The van der Waals surface area contributed by atoms with Gasteiger partial charge < -0.3 is 4.98 Å². The van der Waals surface area contributed by atoms with E-state index in [9.17, 15) is 0 Å². The number of hydrogen-bond donors (Lipinski definition) is 1. The highest BCUT2D eigenvalue weighted by Crippen LogP contribution is 2.40. The molecule has 0 aliphatic heterocycles. The van der Waals surface area contributed by atoms with Gasteiger partial charge in [0.05, 0.1) is 20.4 Å². The molecule has 0 saturated carbocycles. The number of H-pyrrole nitrogens is 1. The lowest BCUT2D eigenvalue weighted by atomic mass is 10.2. The highest BCUT2D eigenvalue weighted by Gasteiger charge is 2.17. The SMILES string of the molecule is Brc1ccc2[nH]c3ccccc3c2c1.Brc1ccc2c(c1)c1ccccc1n2-c1nccc2c1sc1ccccc12.Clc1nccc2c1sc1ccccc12. The lowest BCUT2D eigenvalue weighted by molar-refractivity contribution is 1.10. The molecule has 12 rings (SSSR count). The average molecular weight is 895 g/mol. The average Bonchev–Trinajstić information content (AvgIpc) is 3.98. The third kappa shape index (κ3) is 6.09. The molecule has 0 radical (unpaired) electrons. The molecule has 0 aliphatic rings. The number of para-hydroxylation sites is 2. The Balaban J connectivity index is 0.000000112. The summed E-state index contributed by atoms with van der Waals surface area (Å²) in [5, 5.41) is 10.7. The van der Waals surface area contributed by atoms with Gasteiger partial charge in [0.2, 0.25) is 0 Å². The maximum absolute atomic E-state index is 6.03. The number of aromatic amines is 1. The van der Waals surface area contributed by atoms with E-state index in [0.29, 0.717) is 5.15 Å². The third-order valence-electron chi connectivity index (χ3n) is 9.84. The Morgan fingerprint density at radius 1 is 0.473 bits per heavy atom. The van der Waals surface area contributed by atoms with Crippen molar-refractivity contribution < 1.29 is 0 Å². The summed E-state index contributed by atoms with van der Waals surface area (Å²) in [6.45, 7) is 0. The topological polar surface area (TPSA) is 46.5 Å². The normalized spacial score (nSPS) is 11.5. The Morgan fingerprint density at radius 2 is 1.02 bits per heavy atom. The fraction of sp³-hybridized carbons (Fsp3) is 0. The van der Waals surface area contributed by atoms with Crippen LogP contribution in [0.1, 0.15) is 0 Å². The lowest BCUT2D eigenvalue weighted by Crippen LogP contribution is -1.96. The summed E-state index contributed by atoms with van der Waals surface area (Å²) in [7, 11) is 0. The van der Waals surface area contributed by atoms with Crippen LogP contribution in [-0.4, -0.2) is 19.5 Å². The van der Waals surface area contributed by atoms with E-state index in [2.05, 4.69) is 168 Å². The first kappa shape index (κ1) is 34.4. The first-order chi connectivity index (χ1) is 27.0. The van der Waals surface area contributed by atoms with Crippen LogP contribution in [0.2, 0.25) is 5.15 Å². The quantitative estimate of drug-likeness (QED) is 0.167. The number of hydrogen-bond acceptors (Lipinski definition) is 4. The molecular weight excluding hydrogens is 868 g/mol. The maximum atomic E-state index is 6.03. The van der Waals surface area contributed by atoms with Gasteiger partial charge in [0.15, 0.2) is 5.82 Å². The maximum Gasteiger partial charge on any atom is 0.155 e. The number of rotatable bonds is 1. The van der Waals surface area contributed by atoms with Crippen LogP contribution >= 0.6 is 66.1 Å². The van der Waals surface area contributed by atoms with Gasteiger partial charge in [0.1, 0.15) is 5.15 Å². The Hall–Kier alpha value is -5.09. The molecule has 0 bridgehead atoms. The van der Waals surface area contributed by atoms with Crippen molar-refractivity contribution in [1.29, 1.82) is 0 Å². The van der Waals surface area contributed by atoms with E-state index in [-0.39, 0.29) is 0 Å². The predicted octanol–water partition coefficient (Wildman–Crippen LogP) is 15.5. The highest BCUT2D eigenvalue weighted by molar-refractivity contribution is 9.10. The van der Waals surface area contributed by atoms with Crippen molar-refractivity contribution in [2.45, 2.75) is 0 Å². The summed E-state index contributed by atoms with van der Waals surface area (Å²) in [5.74, 6) is 1.00. The van der Waals surface area contributed by atoms with Crippen molar-refractivity contribution in [2.24, 2.45) is 0 Å². The van der Waals surface area contributed by atoms with Crippen molar-refractivity contribution in [3.05, 3.63) is 172 Å². The molecule has 9 heteroatoms. The lowest BCUT2D eigenvalue weighted by Gasteiger charge is -2.08. The first-order valence-electron chi connectivity index (χ1n) is 17.5. The van der Waals surface area contributed by atoms with Gasteiger partial charge >= 0.3 is 0 Å². The number of halogens is 3. The van der Waals surface area contributed by atoms with E-state index in [1.54, 1.807) is 17.5 Å². The first-order valence-corrected chi connectivity index (χ1v) is 21.1. The van der Waals surface area contributed by atoms with E-state index < -0.39 is 0 Å². The predicted molar refractivity (Wildman–Crippen MR) is 245 cm³/mol. The molecule has 4 nitrogen and oxygen atoms in total. The van der Waals surface area contributed by atoms with Gasteiger partial charge in [-0.3, -0.25) is 4.57 Å². The van der Waals surface area contributed by atoms with E-state index in [4.69, 9.17) is 16.6 Å². The van der Waals surface area contributed by atoms with E-state index >= 15 is 0 Å². The van der Waals surface area contributed by atoms with Crippen LogP contribution in [-0.2, 0) is 0 Å². The molecular formula is C46H27Br2ClN4S2. The van der Waals surface area contributed by atoms with Crippen LogP contribution in [0.3, 0.4) is 0 Å². The third-order valence-corrected chi connectivity index (χ3v) is 13.6. The molecule has 0 fully saturated rings. The van der Waals surface area contributed by atoms with Gasteiger partial charge in [-0.1, -0.05) is 116 Å². The van der Waals surface area contributed by atoms with Crippen molar-refractivity contribution in [3.8, 4) is 5.82 Å². The largest absolute Gasteiger partial charge is 0.355 e. The molecule has 0 unspecified atom stereocenters. The Kier molecular flexibility index (Phi) is 8.88. The van der Waals surface area contributed by atoms with Crippen molar-refractivity contribution >= 4 is 150 Å². The second-order valence-electron chi connectivity index (χ2n) is 13.1. The molecule has 264 valence electrons. The highest BCUT2D eigenvalue weighted by atomic mass is 79.9. The smallest absolute Gasteiger partial charge is 0.155 e. The Morgan fingerprint density at radius 3 is 1.78 bits per heavy atom. The summed E-state index contributed by atoms with van der Waals surface area (Å²) in [6, 6.07) is 50.7. The zero-order valence-electron chi connectivity index (χ0n) is 28.8. The monoisotopic (exact) mass is 892 g/mol. The number of benzene rings is 6. The molecule has 0 atom stereocenters. The minimum Gasteiger partial charge on any atom is -0.355 e. The molecule has 0 amide bonds. The summed E-state index contributed by atoms with van der Waals surface area (Å²) < 4.78 is 9.37. The van der Waals surface area contributed by atoms with Crippen LogP contribution in [0.4, 0.5) is 0 Å². The fourth-order valence-corrected chi connectivity index (χ4v) is 10.7. The molecule has 0 aliphatic carbocycles. The second kappa shape index (κ2) is 14.2. The minimum atomic E-state index is 0.601. The van der Waals surface area contributed by atoms with Gasteiger partial charge in [0, 0.05) is 84.9 Å². The van der Waals surface area contributed by atoms with Gasteiger partial charge in [-0.25, -0.2) is 9.97 Å². The molecule has 6 aromatic heterocycles. The van der Waals surface area contributed by atoms with Crippen LogP contribution in [0.5, 0.6) is 0 Å². The Bertz CT molecular complexity index is 3390. The van der Waals surface area contributed by atoms with Crippen molar-refractivity contribution in [1.82, 2.24) is 19.5 Å². The fourth-order valence-electron chi connectivity index (χ4n) is 7.41. The number of fused-ring (bicyclic) bond motifs is 12. The number of aromatic nitrogens is 4. The molecule has 55 heavy (non-hydrogen) atoms. The second-order valence-corrected chi connectivity index (χ2v) is 17.4. The van der Waals surface area contributed by atoms with E-state index in [1.807, 2.05) is 41.8 Å². The van der Waals surface area contributed by atoms with E-state index in [0.717, 1.165) is 19.5 Å². The molecule has 1 N–H and O–H groups in total. The molecule has 12 aromatic rings. The zero-order valence-corrected chi connectivity index (χ0v) is 34.4. The van der Waals surface area contributed by atoms with Gasteiger partial charge in [-0.15, -0.1) is 22.7 Å². The molecule has 0 spiro atoms. The number of nitrogens with zero attached hydrogens (tertiary/aromatic N) is 3. The molecule has 0 saturated heterocycles. The molecule has 6 heterocycles. The number of pyridine rings is 2. The zero-order chi connectivity index (χ0) is 37.0. The summed E-state index contributed by atoms with van der Waals surface area (Å²) >= 11 is 16.6. The van der Waals surface area contributed by atoms with Gasteiger partial charge in [0.25, 0.3) is 0 Å². The van der Waals surface area contributed by atoms with Gasteiger partial charge in [-0.05, 0) is 72.8 Å².